The van der Waals surface area contributed by atoms with Crippen molar-refractivity contribution in [3.8, 4) is 11.6 Å². The molecule has 3 aromatic heterocycles. The van der Waals surface area contributed by atoms with E-state index in [0.29, 0.717) is 38.4 Å². The third-order valence-corrected chi connectivity index (χ3v) is 7.62. The molecule has 0 saturated heterocycles. The molecule has 4 N–H and O–H groups in total. The second-order valence-electron chi connectivity index (χ2n) is 9.26. The lowest BCUT2D eigenvalue weighted by molar-refractivity contribution is -0.113. The van der Waals surface area contributed by atoms with E-state index in [1.807, 2.05) is 19.1 Å². The predicted octanol–water partition coefficient (Wildman–Crippen LogP) is 5.20. The zero-order valence-electron chi connectivity index (χ0n) is 21.7. The molecule has 2 aliphatic rings. The summed E-state index contributed by atoms with van der Waals surface area (Å²) in [4.78, 5) is 43.2. The quantitative estimate of drug-likeness (QED) is 0.275. The third-order valence-electron chi connectivity index (χ3n) is 6.52. The lowest BCUT2D eigenvalue weighted by atomic mass is 10.1. The zero-order valence-corrected chi connectivity index (χ0v) is 22.5. The molecule has 1 aliphatic carbocycles. The van der Waals surface area contributed by atoms with Crippen molar-refractivity contribution in [2.45, 2.75) is 38.6 Å². The number of carbonyl (C=O) groups is 3. The number of carbonyl (C=O) groups excluding carboxylic acids is 3. The molecule has 204 valence electrons. The average Bonchev–Trinajstić information content (AvgIpc) is 3.59. The van der Waals surface area contributed by atoms with Crippen molar-refractivity contribution in [3.05, 3.63) is 71.9 Å². The van der Waals surface area contributed by atoms with Crippen molar-refractivity contribution in [2.75, 3.05) is 10.2 Å². The number of primary amides is 1. The van der Waals surface area contributed by atoms with Crippen LogP contribution in [0.25, 0.3) is 10.2 Å². The molecule has 1 aliphatic heterocycles. The van der Waals surface area contributed by atoms with E-state index in [1.165, 1.54) is 11.3 Å². The number of benzene rings is 1. The molecule has 1 fully saturated rings. The van der Waals surface area contributed by atoms with Crippen LogP contribution in [0.1, 0.15) is 40.9 Å². The van der Waals surface area contributed by atoms with Crippen molar-refractivity contribution in [1.82, 2.24) is 20.5 Å². The molecule has 1 aromatic carbocycles. The highest BCUT2D eigenvalue weighted by atomic mass is 32.1. The van der Waals surface area contributed by atoms with Gasteiger partial charge in [0.1, 0.15) is 15.5 Å². The van der Waals surface area contributed by atoms with Gasteiger partial charge in [0.05, 0.1) is 22.4 Å². The standard InChI is InChI=1S/C25H22N6O3S.C3H5NO/c1-14-13-16(34-19-7-4-11-27-30-19)8-9-17(14)31-18-10-12-26-24-20(18)21(29-25(31)33)22(35-24)23(32)28-15-5-2-3-6-15;1-2-3(4)5/h4,7-13,15H,2-3,5-6H2,1H3,(H,28,32)(H,29,33);2H,1H2,(H2,4,5). The smallest absolute Gasteiger partial charge is 0.331 e. The number of ether oxygens (including phenoxy) is 1. The molecule has 4 heterocycles. The first-order chi connectivity index (χ1) is 19.4. The molecule has 0 unspecified atom stereocenters. The van der Waals surface area contributed by atoms with Crippen LogP contribution in [0.15, 0.2) is 61.4 Å². The summed E-state index contributed by atoms with van der Waals surface area (Å²) < 4.78 is 5.78. The van der Waals surface area contributed by atoms with Crippen LogP contribution in [0.2, 0.25) is 0 Å². The van der Waals surface area contributed by atoms with Crippen LogP contribution in [0.5, 0.6) is 11.6 Å². The minimum atomic E-state index is -0.481. The Bertz CT molecular complexity index is 1600. The van der Waals surface area contributed by atoms with Gasteiger partial charge in [0.25, 0.3) is 5.91 Å². The van der Waals surface area contributed by atoms with Gasteiger partial charge in [0.2, 0.25) is 11.8 Å². The van der Waals surface area contributed by atoms with Crippen LogP contribution in [-0.4, -0.2) is 39.1 Å². The van der Waals surface area contributed by atoms with Gasteiger partial charge >= 0.3 is 6.03 Å². The number of nitrogens with one attached hydrogen (secondary N) is 2. The second-order valence-corrected chi connectivity index (χ2v) is 10.3. The summed E-state index contributed by atoms with van der Waals surface area (Å²) in [5.41, 5.74) is 7.30. The van der Waals surface area contributed by atoms with Crippen molar-refractivity contribution in [1.29, 1.82) is 0 Å². The van der Waals surface area contributed by atoms with Crippen molar-refractivity contribution < 1.29 is 19.1 Å². The van der Waals surface area contributed by atoms with Gasteiger partial charge in [0.15, 0.2) is 0 Å². The van der Waals surface area contributed by atoms with Crippen LogP contribution in [0, 0.1) is 6.92 Å². The van der Waals surface area contributed by atoms with E-state index in [-0.39, 0.29) is 18.0 Å². The summed E-state index contributed by atoms with van der Waals surface area (Å²) in [5.74, 6) is 0.338. The number of urea groups is 1. The number of thiophene rings is 1. The maximum Gasteiger partial charge on any atom is 0.331 e. The summed E-state index contributed by atoms with van der Waals surface area (Å²) >= 11 is 1.30. The first-order valence-corrected chi connectivity index (χ1v) is 13.5. The molecule has 0 radical (unpaired) electrons. The Kier molecular flexibility index (Phi) is 7.69. The Labute approximate surface area is 234 Å². The van der Waals surface area contributed by atoms with Crippen molar-refractivity contribution in [2.24, 2.45) is 5.73 Å². The zero-order chi connectivity index (χ0) is 28.2. The van der Waals surface area contributed by atoms with Crippen LogP contribution in [-0.2, 0) is 4.79 Å². The number of pyridine rings is 1. The Hall–Kier alpha value is -4.84. The molecule has 11 nitrogen and oxygen atoms in total. The third kappa shape index (κ3) is 5.47. The van der Waals surface area contributed by atoms with Crippen LogP contribution in [0.4, 0.5) is 21.9 Å². The van der Waals surface area contributed by atoms with Gasteiger partial charge in [-0.15, -0.1) is 16.4 Å². The number of aryl methyl sites for hydroxylation is 1. The normalized spacial score (nSPS) is 14.2. The highest BCUT2D eigenvalue weighted by Crippen LogP contribution is 2.46. The average molecular weight is 558 g/mol. The number of nitrogens with two attached hydrogens (primary N) is 1. The highest BCUT2D eigenvalue weighted by molar-refractivity contribution is 7.21. The fraction of sp³-hybridized carbons (Fsp3) is 0.214. The number of hydrogen-bond donors (Lipinski definition) is 3. The molecule has 12 heteroatoms. The van der Waals surface area contributed by atoms with E-state index >= 15 is 0 Å². The largest absolute Gasteiger partial charge is 0.438 e. The summed E-state index contributed by atoms with van der Waals surface area (Å²) in [6.07, 6.45) is 8.54. The number of nitrogens with zero attached hydrogens (tertiary/aromatic N) is 4. The lowest BCUT2D eigenvalue weighted by Crippen LogP contribution is -2.36. The minimum absolute atomic E-state index is 0.156. The summed E-state index contributed by atoms with van der Waals surface area (Å²) in [6.45, 7) is 5.00. The van der Waals surface area contributed by atoms with E-state index in [4.69, 9.17) is 4.74 Å². The Morgan fingerprint density at radius 2 is 1.98 bits per heavy atom. The fourth-order valence-corrected chi connectivity index (χ4v) is 5.73. The van der Waals surface area contributed by atoms with Gasteiger partial charge in [-0.1, -0.05) is 19.4 Å². The molecule has 0 spiro atoms. The molecule has 4 amide bonds. The monoisotopic (exact) mass is 557 g/mol. The van der Waals surface area contributed by atoms with Gasteiger partial charge in [-0.25, -0.2) is 9.78 Å². The molecule has 6 rings (SSSR count). The van der Waals surface area contributed by atoms with Gasteiger partial charge < -0.3 is 21.1 Å². The molecule has 40 heavy (non-hydrogen) atoms. The molecular formula is C28H27N7O4S. The Morgan fingerprint density at radius 1 is 1.20 bits per heavy atom. The Morgan fingerprint density at radius 3 is 2.65 bits per heavy atom. The number of anilines is 3. The van der Waals surface area contributed by atoms with E-state index in [2.05, 4.69) is 38.1 Å². The molecule has 0 bridgehead atoms. The first-order valence-electron chi connectivity index (χ1n) is 12.7. The molecular weight excluding hydrogens is 530 g/mol. The van der Waals surface area contributed by atoms with Gasteiger partial charge in [-0.05, 0) is 61.7 Å². The van der Waals surface area contributed by atoms with E-state index in [1.54, 1.807) is 41.6 Å². The predicted molar refractivity (Wildman–Crippen MR) is 153 cm³/mol. The topological polar surface area (TPSA) is 152 Å². The van der Waals surface area contributed by atoms with E-state index in [0.717, 1.165) is 42.7 Å². The summed E-state index contributed by atoms with van der Waals surface area (Å²) in [5, 5.41) is 14.6. The van der Waals surface area contributed by atoms with Gasteiger partial charge in [-0.3, -0.25) is 14.5 Å². The van der Waals surface area contributed by atoms with Gasteiger partial charge in [-0.2, -0.15) is 5.10 Å². The maximum absolute atomic E-state index is 13.4. The minimum Gasteiger partial charge on any atom is -0.438 e. The van der Waals surface area contributed by atoms with Crippen LogP contribution in [0.3, 0.4) is 0 Å². The molecule has 0 atom stereocenters. The SMILES string of the molecule is C=CC(N)=O.Cc1cc(Oc2cccnn2)ccc1N1C(=O)Nc2c(C(=O)NC3CCCC3)sc3nccc1c23. The number of amides is 4. The van der Waals surface area contributed by atoms with Crippen LogP contribution >= 0.6 is 11.3 Å². The molecule has 1 saturated carbocycles. The second kappa shape index (κ2) is 11.5. The highest BCUT2D eigenvalue weighted by Gasteiger charge is 2.34. The summed E-state index contributed by atoms with van der Waals surface area (Å²) in [7, 11) is 0. The number of hydrogen-bond acceptors (Lipinski definition) is 8. The van der Waals surface area contributed by atoms with Gasteiger partial charge in [0, 0.05) is 24.5 Å². The fourth-order valence-electron chi connectivity index (χ4n) is 4.71. The first kappa shape index (κ1) is 26.8. The Balaban J connectivity index is 0.000000595. The van der Waals surface area contributed by atoms with Crippen molar-refractivity contribution >= 4 is 56.5 Å². The van der Waals surface area contributed by atoms with E-state index in [9.17, 15) is 14.4 Å². The maximum atomic E-state index is 13.4. The van der Waals surface area contributed by atoms with Crippen molar-refractivity contribution in [3.63, 3.8) is 0 Å². The number of rotatable bonds is 6. The summed E-state index contributed by atoms with van der Waals surface area (Å²) in [6, 6.07) is 10.6. The number of aromatic nitrogens is 3. The van der Waals surface area contributed by atoms with E-state index < -0.39 is 5.91 Å². The molecule has 4 aromatic rings. The lowest BCUT2D eigenvalue weighted by Gasteiger charge is -2.29. The van der Waals surface area contributed by atoms with Crippen LogP contribution < -0.4 is 26.0 Å².